The molecule has 3 aromatic carbocycles. The molecule has 0 fully saturated rings. The third-order valence-electron chi connectivity index (χ3n) is 5.33. The number of amides is 1. The first-order chi connectivity index (χ1) is 16.9. The number of aromatic nitrogens is 3. The summed E-state index contributed by atoms with van der Waals surface area (Å²) in [6, 6.07) is 22.1. The third kappa shape index (κ3) is 4.18. The van der Waals surface area contributed by atoms with E-state index >= 15 is 0 Å². The van der Waals surface area contributed by atoms with E-state index in [1.807, 2.05) is 36.4 Å². The topological polar surface area (TPSA) is 120 Å². The van der Waals surface area contributed by atoms with E-state index in [1.54, 1.807) is 25.1 Å². The molecule has 5 aromatic rings. The van der Waals surface area contributed by atoms with Gasteiger partial charge in [0, 0.05) is 23.4 Å². The van der Waals surface area contributed by atoms with E-state index < -0.39 is 16.3 Å². The molecule has 2 aromatic heterocycles. The SMILES string of the molecule is Cc1cc(=O)c(C(=O)Nc2ccccc2-c2nc3ccccc3s2)nn1-c1ccccc1[N+](=O)[O-]. The molecule has 9 nitrogen and oxygen atoms in total. The Bertz CT molecular complexity index is 1640. The molecule has 172 valence electrons. The number of hydrogen-bond donors (Lipinski definition) is 1. The van der Waals surface area contributed by atoms with Gasteiger partial charge in [0.05, 0.1) is 20.8 Å². The van der Waals surface area contributed by atoms with E-state index in [2.05, 4.69) is 15.4 Å². The second-order valence-electron chi connectivity index (χ2n) is 7.64. The zero-order chi connectivity index (χ0) is 24.5. The minimum Gasteiger partial charge on any atom is -0.320 e. The van der Waals surface area contributed by atoms with Crippen LogP contribution in [0.4, 0.5) is 11.4 Å². The molecule has 0 aliphatic rings. The van der Waals surface area contributed by atoms with Gasteiger partial charge in [-0.05, 0) is 37.3 Å². The third-order valence-corrected chi connectivity index (χ3v) is 6.40. The van der Waals surface area contributed by atoms with Gasteiger partial charge in [-0.25, -0.2) is 9.67 Å². The van der Waals surface area contributed by atoms with Crippen LogP contribution < -0.4 is 10.7 Å². The van der Waals surface area contributed by atoms with E-state index in [0.717, 1.165) is 15.2 Å². The molecule has 1 amide bonds. The number of thiazole rings is 1. The first kappa shape index (κ1) is 22.1. The predicted molar refractivity (Wildman–Crippen MR) is 134 cm³/mol. The number of nitro groups is 1. The quantitative estimate of drug-likeness (QED) is 0.278. The number of anilines is 1. The number of rotatable bonds is 5. The maximum atomic E-state index is 13.2. The van der Waals surface area contributed by atoms with Gasteiger partial charge in [-0.2, -0.15) is 5.10 Å². The van der Waals surface area contributed by atoms with Crippen molar-refractivity contribution in [3.05, 3.63) is 111 Å². The van der Waals surface area contributed by atoms with Crippen LogP contribution in [-0.4, -0.2) is 25.6 Å². The fourth-order valence-corrected chi connectivity index (χ4v) is 4.70. The molecule has 35 heavy (non-hydrogen) atoms. The van der Waals surface area contributed by atoms with Gasteiger partial charge in [0.15, 0.2) is 5.69 Å². The molecule has 1 N–H and O–H groups in total. The Labute approximate surface area is 202 Å². The Morgan fingerprint density at radius 2 is 1.74 bits per heavy atom. The Hall–Kier alpha value is -4.70. The highest BCUT2D eigenvalue weighted by Crippen LogP contribution is 2.34. The lowest BCUT2D eigenvalue weighted by Crippen LogP contribution is -2.27. The number of nitrogens with zero attached hydrogens (tertiary/aromatic N) is 4. The summed E-state index contributed by atoms with van der Waals surface area (Å²) in [5.41, 5.74) is 1.36. The molecule has 5 rings (SSSR count). The van der Waals surface area contributed by atoms with Gasteiger partial charge >= 0.3 is 0 Å². The second-order valence-corrected chi connectivity index (χ2v) is 8.67. The highest BCUT2D eigenvalue weighted by Gasteiger charge is 2.21. The number of para-hydroxylation sites is 4. The Morgan fingerprint density at radius 3 is 2.54 bits per heavy atom. The minimum atomic E-state index is -0.726. The summed E-state index contributed by atoms with van der Waals surface area (Å²) in [7, 11) is 0. The molecule has 0 radical (unpaired) electrons. The van der Waals surface area contributed by atoms with Gasteiger partial charge < -0.3 is 5.32 Å². The van der Waals surface area contributed by atoms with Crippen LogP contribution in [0.25, 0.3) is 26.5 Å². The van der Waals surface area contributed by atoms with Crippen molar-refractivity contribution >= 4 is 38.8 Å². The molecule has 0 saturated heterocycles. The van der Waals surface area contributed by atoms with E-state index in [0.29, 0.717) is 16.9 Å². The summed E-state index contributed by atoms with van der Waals surface area (Å²) < 4.78 is 2.24. The number of nitro benzene ring substituents is 1. The average Bonchev–Trinajstić information content (AvgIpc) is 3.28. The monoisotopic (exact) mass is 483 g/mol. The van der Waals surface area contributed by atoms with Gasteiger partial charge in [0.2, 0.25) is 5.43 Å². The zero-order valence-corrected chi connectivity index (χ0v) is 19.2. The van der Waals surface area contributed by atoms with Gasteiger partial charge in [0.1, 0.15) is 10.7 Å². The van der Waals surface area contributed by atoms with Crippen LogP contribution in [0.3, 0.4) is 0 Å². The molecule has 0 aliphatic carbocycles. The van der Waals surface area contributed by atoms with Crippen LogP contribution in [-0.2, 0) is 0 Å². The van der Waals surface area contributed by atoms with Crippen molar-refractivity contribution in [2.75, 3.05) is 5.32 Å². The van der Waals surface area contributed by atoms with Gasteiger partial charge in [-0.1, -0.05) is 36.4 Å². The summed E-state index contributed by atoms with van der Waals surface area (Å²) in [6.45, 7) is 1.59. The van der Waals surface area contributed by atoms with E-state index in [9.17, 15) is 19.7 Å². The molecular formula is C25H17N5O4S. The van der Waals surface area contributed by atoms with Crippen LogP contribution in [0.15, 0.2) is 83.7 Å². The number of carbonyl (C=O) groups is 1. The van der Waals surface area contributed by atoms with E-state index in [-0.39, 0.29) is 17.1 Å². The first-order valence-corrected chi connectivity index (χ1v) is 11.3. The maximum Gasteiger partial charge on any atom is 0.294 e. The summed E-state index contributed by atoms with van der Waals surface area (Å²) in [6.07, 6.45) is 0. The van der Waals surface area contributed by atoms with Crippen molar-refractivity contribution in [1.29, 1.82) is 0 Å². The van der Waals surface area contributed by atoms with E-state index in [1.165, 1.54) is 40.3 Å². The normalized spacial score (nSPS) is 10.9. The van der Waals surface area contributed by atoms with Gasteiger partial charge in [0.25, 0.3) is 11.6 Å². The highest BCUT2D eigenvalue weighted by molar-refractivity contribution is 7.21. The van der Waals surface area contributed by atoms with Crippen LogP contribution >= 0.6 is 11.3 Å². The lowest BCUT2D eigenvalue weighted by atomic mass is 10.1. The first-order valence-electron chi connectivity index (χ1n) is 10.5. The van der Waals surface area contributed by atoms with Crippen molar-refractivity contribution in [3.63, 3.8) is 0 Å². The predicted octanol–water partition coefficient (Wildman–Crippen LogP) is 4.98. The second kappa shape index (κ2) is 8.92. The number of benzene rings is 3. The van der Waals surface area contributed by atoms with Crippen molar-refractivity contribution in [2.24, 2.45) is 0 Å². The Kier molecular flexibility index (Phi) is 5.63. The Balaban J connectivity index is 1.54. The number of nitrogens with one attached hydrogen (secondary N) is 1. The molecular weight excluding hydrogens is 466 g/mol. The summed E-state index contributed by atoms with van der Waals surface area (Å²) >= 11 is 1.49. The molecule has 2 heterocycles. The summed E-state index contributed by atoms with van der Waals surface area (Å²) in [4.78, 5) is 41.4. The van der Waals surface area contributed by atoms with Crippen LogP contribution in [0.1, 0.15) is 16.2 Å². The van der Waals surface area contributed by atoms with Crippen molar-refractivity contribution in [1.82, 2.24) is 14.8 Å². The zero-order valence-electron chi connectivity index (χ0n) is 18.3. The van der Waals surface area contributed by atoms with Crippen molar-refractivity contribution in [2.45, 2.75) is 6.92 Å². The number of fused-ring (bicyclic) bond motifs is 1. The lowest BCUT2D eigenvalue weighted by Gasteiger charge is -2.12. The van der Waals surface area contributed by atoms with Crippen molar-refractivity contribution < 1.29 is 9.72 Å². The van der Waals surface area contributed by atoms with Crippen molar-refractivity contribution in [3.8, 4) is 16.3 Å². The molecule has 0 bridgehead atoms. The standard InChI is InChI=1S/C25H17N5O4S/c1-15-14-21(31)23(28-29(15)19-11-5-6-12-20(19)30(33)34)24(32)26-17-9-3-2-8-16(17)25-27-18-10-4-7-13-22(18)35-25/h2-14H,1H3,(H,26,32). The molecule has 10 heteroatoms. The molecule has 0 spiro atoms. The van der Waals surface area contributed by atoms with Gasteiger partial charge in [-0.15, -0.1) is 11.3 Å². The highest BCUT2D eigenvalue weighted by atomic mass is 32.1. The largest absolute Gasteiger partial charge is 0.320 e. The maximum absolute atomic E-state index is 13.2. The van der Waals surface area contributed by atoms with Crippen LogP contribution in [0.5, 0.6) is 0 Å². The number of carbonyl (C=O) groups excluding carboxylic acids is 1. The molecule has 0 saturated carbocycles. The smallest absolute Gasteiger partial charge is 0.294 e. The van der Waals surface area contributed by atoms with Crippen LogP contribution in [0.2, 0.25) is 0 Å². The summed E-state index contributed by atoms with van der Waals surface area (Å²) in [5, 5.41) is 19.2. The molecule has 0 aliphatic heterocycles. The number of hydrogen-bond acceptors (Lipinski definition) is 7. The fourth-order valence-electron chi connectivity index (χ4n) is 3.69. The minimum absolute atomic E-state index is 0.152. The summed E-state index contributed by atoms with van der Waals surface area (Å²) in [5.74, 6) is -0.726. The molecule has 0 unspecified atom stereocenters. The van der Waals surface area contributed by atoms with Gasteiger partial charge in [-0.3, -0.25) is 19.7 Å². The lowest BCUT2D eigenvalue weighted by molar-refractivity contribution is -0.384. The Morgan fingerprint density at radius 1 is 1.03 bits per heavy atom. The molecule has 0 atom stereocenters. The fraction of sp³-hybridized carbons (Fsp3) is 0.0400. The van der Waals surface area contributed by atoms with Crippen LogP contribution in [0, 0.1) is 17.0 Å². The average molecular weight is 484 g/mol. The number of aryl methyl sites for hydroxylation is 1. The van der Waals surface area contributed by atoms with E-state index in [4.69, 9.17) is 0 Å².